The molecular formula is C9H8OS2. The fourth-order valence-corrected chi connectivity index (χ4v) is 1.55. The highest BCUT2D eigenvalue weighted by molar-refractivity contribution is 7.80. The second-order valence-corrected chi connectivity index (χ2v) is 3.44. The Bertz CT molecular complexity index is 341. The van der Waals surface area contributed by atoms with Crippen molar-refractivity contribution in [2.75, 3.05) is 5.75 Å². The average Bonchev–Trinajstić information content (AvgIpc) is 2.48. The molecular weight excluding hydrogens is 188 g/mol. The second-order valence-electron chi connectivity index (χ2n) is 2.22. The molecule has 0 amide bonds. The van der Waals surface area contributed by atoms with Crippen molar-refractivity contribution >= 4 is 29.7 Å². The van der Waals surface area contributed by atoms with Crippen molar-refractivity contribution in [3.63, 3.8) is 0 Å². The molecule has 3 heteroatoms. The third-order valence-electron chi connectivity index (χ3n) is 1.26. The monoisotopic (exact) mass is 196 g/mol. The SMILES string of the molecule is CC(=O)c1cc(C#CCS)cs1. The molecule has 1 aromatic heterocycles. The van der Waals surface area contributed by atoms with E-state index >= 15 is 0 Å². The number of thiophene rings is 1. The molecule has 0 aliphatic carbocycles. The Labute approximate surface area is 81.2 Å². The lowest BCUT2D eigenvalue weighted by atomic mass is 10.3. The van der Waals surface area contributed by atoms with Gasteiger partial charge < -0.3 is 0 Å². The van der Waals surface area contributed by atoms with Gasteiger partial charge in [0.2, 0.25) is 0 Å². The Balaban J connectivity index is 2.84. The Morgan fingerprint density at radius 3 is 3.00 bits per heavy atom. The van der Waals surface area contributed by atoms with Crippen LogP contribution < -0.4 is 0 Å². The molecule has 0 saturated carbocycles. The number of ketones is 1. The highest BCUT2D eigenvalue weighted by Gasteiger charge is 2.01. The molecule has 0 atom stereocenters. The van der Waals surface area contributed by atoms with Gasteiger partial charge in [-0.25, -0.2) is 0 Å². The third-order valence-corrected chi connectivity index (χ3v) is 2.45. The highest BCUT2D eigenvalue weighted by Crippen LogP contribution is 2.13. The molecule has 0 unspecified atom stereocenters. The fraction of sp³-hybridized carbons (Fsp3) is 0.222. The second kappa shape index (κ2) is 4.34. The van der Waals surface area contributed by atoms with Gasteiger partial charge in [0.25, 0.3) is 0 Å². The Hall–Kier alpha value is -0.720. The number of carbonyl (C=O) groups is 1. The van der Waals surface area contributed by atoms with Gasteiger partial charge in [0.1, 0.15) is 0 Å². The van der Waals surface area contributed by atoms with Crippen molar-refractivity contribution in [3.05, 3.63) is 21.9 Å². The van der Waals surface area contributed by atoms with Crippen molar-refractivity contribution in [3.8, 4) is 11.8 Å². The van der Waals surface area contributed by atoms with Gasteiger partial charge in [-0.1, -0.05) is 11.8 Å². The predicted octanol–water partition coefficient (Wildman–Crippen LogP) is 2.23. The minimum atomic E-state index is 0.0962. The van der Waals surface area contributed by atoms with E-state index in [1.54, 1.807) is 6.92 Å². The lowest BCUT2D eigenvalue weighted by Crippen LogP contribution is -1.84. The van der Waals surface area contributed by atoms with Crippen LogP contribution in [0.25, 0.3) is 0 Å². The molecule has 0 fully saturated rings. The molecule has 1 rings (SSSR count). The number of carbonyl (C=O) groups excluding carboxylic acids is 1. The van der Waals surface area contributed by atoms with E-state index in [4.69, 9.17) is 0 Å². The summed E-state index contributed by atoms with van der Waals surface area (Å²) in [6, 6.07) is 1.81. The zero-order valence-electron chi connectivity index (χ0n) is 6.63. The van der Waals surface area contributed by atoms with E-state index in [1.165, 1.54) is 11.3 Å². The topological polar surface area (TPSA) is 17.1 Å². The average molecular weight is 196 g/mol. The molecule has 12 heavy (non-hydrogen) atoms. The van der Waals surface area contributed by atoms with Crippen LogP contribution in [0.3, 0.4) is 0 Å². The first-order valence-electron chi connectivity index (χ1n) is 3.43. The van der Waals surface area contributed by atoms with Gasteiger partial charge in [0, 0.05) is 10.9 Å². The maximum absolute atomic E-state index is 10.9. The van der Waals surface area contributed by atoms with E-state index in [1.807, 2.05) is 11.4 Å². The number of rotatable bonds is 1. The summed E-state index contributed by atoms with van der Waals surface area (Å²) < 4.78 is 0. The zero-order valence-corrected chi connectivity index (χ0v) is 8.34. The summed E-state index contributed by atoms with van der Waals surface area (Å²) in [6.07, 6.45) is 0. The molecule has 0 radical (unpaired) electrons. The van der Waals surface area contributed by atoms with Gasteiger partial charge in [-0.2, -0.15) is 12.6 Å². The Kier molecular flexibility index (Phi) is 3.39. The van der Waals surface area contributed by atoms with Crippen LogP contribution in [-0.2, 0) is 0 Å². The maximum atomic E-state index is 10.9. The molecule has 0 aliphatic rings. The molecule has 0 aromatic carbocycles. The Morgan fingerprint density at radius 2 is 2.50 bits per heavy atom. The number of thiol groups is 1. The smallest absolute Gasteiger partial charge is 0.169 e. The van der Waals surface area contributed by atoms with Gasteiger partial charge >= 0.3 is 0 Å². The third kappa shape index (κ3) is 2.40. The van der Waals surface area contributed by atoms with E-state index in [2.05, 4.69) is 24.5 Å². The summed E-state index contributed by atoms with van der Waals surface area (Å²) in [6.45, 7) is 1.56. The minimum Gasteiger partial charge on any atom is -0.294 e. The molecule has 0 spiro atoms. The molecule has 62 valence electrons. The summed E-state index contributed by atoms with van der Waals surface area (Å²) in [5, 5.41) is 1.88. The van der Waals surface area contributed by atoms with Crippen LogP contribution in [0.1, 0.15) is 22.2 Å². The van der Waals surface area contributed by atoms with E-state index in [0.29, 0.717) is 5.75 Å². The number of Topliss-reactive ketones (excluding diaryl/α,β-unsaturated/α-hetero) is 1. The highest BCUT2D eigenvalue weighted by atomic mass is 32.1. The molecule has 0 bridgehead atoms. The van der Waals surface area contributed by atoms with Crippen LogP contribution in [0.5, 0.6) is 0 Å². The summed E-state index contributed by atoms with van der Waals surface area (Å²) in [4.78, 5) is 11.6. The fourth-order valence-electron chi connectivity index (χ4n) is 0.728. The van der Waals surface area contributed by atoms with Gasteiger partial charge in [-0.05, 0) is 13.0 Å². The summed E-state index contributed by atoms with van der Waals surface area (Å²) in [5.74, 6) is 6.37. The molecule has 1 aromatic rings. The molecule has 0 N–H and O–H groups in total. The molecule has 0 aliphatic heterocycles. The van der Waals surface area contributed by atoms with Gasteiger partial charge in [-0.15, -0.1) is 11.3 Å². The zero-order chi connectivity index (χ0) is 8.97. The van der Waals surface area contributed by atoms with E-state index < -0.39 is 0 Å². The minimum absolute atomic E-state index is 0.0962. The van der Waals surface area contributed by atoms with Gasteiger partial charge in [-0.3, -0.25) is 4.79 Å². The number of hydrogen-bond donors (Lipinski definition) is 1. The first-order valence-corrected chi connectivity index (χ1v) is 4.94. The van der Waals surface area contributed by atoms with Crippen LogP contribution >= 0.6 is 24.0 Å². The lowest BCUT2D eigenvalue weighted by molar-refractivity contribution is 0.102. The van der Waals surface area contributed by atoms with Crippen LogP contribution in [-0.4, -0.2) is 11.5 Å². The Morgan fingerprint density at radius 1 is 1.75 bits per heavy atom. The van der Waals surface area contributed by atoms with Gasteiger partial charge in [0.15, 0.2) is 5.78 Å². The van der Waals surface area contributed by atoms with Gasteiger partial charge in [0.05, 0.1) is 10.6 Å². The van der Waals surface area contributed by atoms with Crippen molar-refractivity contribution in [1.82, 2.24) is 0 Å². The van der Waals surface area contributed by atoms with Crippen LogP contribution in [0.4, 0.5) is 0 Å². The first kappa shape index (κ1) is 9.37. The van der Waals surface area contributed by atoms with E-state index in [9.17, 15) is 4.79 Å². The quantitative estimate of drug-likeness (QED) is 0.414. The largest absolute Gasteiger partial charge is 0.294 e. The molecule has 1 nitrogen and oxygen atoms in total. The predicted molar refractivity (Wildman–Crippen MR) is 55.1 cm³/mol. The normalized spacial score (nSPS) is 8.83. The number of hydrogen-bond acceptors (Lipinski definition) is 3. The standard InChI is InChI=1S/C9H8OS2/c1-7(10)9-5-8(6-12-9)3-2-4-11/h5-6,11H,4H2,1H3. The molecule has 1 heterocycles. The van der Waals surface area contributed by atoms with Crippen molar-refractivity contribution in [2.45, 2.75) is 6.92 Å². The summed E-state index contributed by atoms with van der Waals surface area (Å²) in [5.41, 5.74) is 0.902. The maximum Gasteiger partial charge on any atom is 0.169 e. The first-order chi connectivity index (χ1) is 5.74. The van der Waals surface area contributed by atoms with Crippen molar-refractivity contribution in [1.29, 1.82) is 0 Å². The van der Waals surface area contributed by atoms with Crippen LogP contribution in [0, 0.1) is 11.8 Å². The van der Waals surface area contributed by atoms with E-state index in [0.717, 1.165) is 10.4 Å². The summed E-state index contributed by atoms with van der Waals surface area (Å²) in [7, 11) is 0. The van der Waals surface area contributed by atoms with Crippen LogP contribution in [0.15, 0.2) is 11.4 Å². The van der Waals surface area contributed by atoms with Crippen molar-refractivity contribution in [2.24, 2.45) is 0 Å². The summed E-state index contributed by atoms with van der Waals surface area (Å²) >= 11 is 5.39. The van der Waals surface area contributed by atoms with E-state index in [-0.39, 0.29) is 5.78 Å². The van der Waals surface area contributed by atoms with Crippen LogP contribution in [0.2, 0.25) is 0 Å². The lowest BCUT2D eigenvalue weighted by Gasteiger charge is -1.81. The van der Waals surface area contributed by atoms with Crippen molar-refractivity contribution < 1.29 is 4.79 Å². The molecule has 0 saturated heterocycles.